The van der Waals surface area contributed by atoms with Crippen LogP contribution in [0.15, 0.2) is 39.5 Å². The Kier molecular flexibility index (Phi) is 41.0. The number of esters is 2. The molecule has 18 heavy (non-hydrogen) atoms. The number of aliphatic hydroxyl groups excluding tert-OH is 2. The van der Waals surface area contributed by atoms with Crippen LogP contribution in [-0.2, 0) is 19.1 Å². The van der Waals surface area contributed by atoms with Crippen LogP contribution in [0.25, 0.3) is 0 Å². The summed E-state index contributed by atoms with van der Waals surface area (Å²) in [6, 6.07) is 0. The average Bonchev–Trinajstić information content (AvgIpc) is 2.49. The number of ether oxygens (including phenoxy) is 2. The van der Waals surface area contributed by atoms with E-state index in [0.29, 0.717) is 0 Å². The van der Waals surface area contributed by atoms with Crippen LogP contribution in [0.3, 0.4) is 0 Å². The average molecular weight is 262 g/mol. The molecule has 6 heteroatoms. The number of aliphatic hydroxyl groups is 2. The predicted octanol–water partition coefficient (Wildman–Crippen LogP) is 0.464. The van der Waals surface area contributed by atoms with Crippen molar-refractivity contribution < 1.29 is 29.3 Å². The van der Waals surface area contributed by atoms with Crippen molar-refractivity contribution in [3.63, 3.8) is 0 Å². The van der Waals surface area contributed by atoms with Crippen LogP contribution >= 0.6 is 0 Å². The van der Waals surface area contributed by atoms with Gasteiger partial charge in [0, 0.05) is 0 Å². The number of carbonyl (C=O) groups is 2. The molecule has 2 N–H and O–H groups in total. The van der Waals surface area contributed by atoms with Crippen molar-refractivity contribution in [2.75, 3.05) is 26.4 Å². The van der Waals surface area contributed by atoms with E-state index in [1.54, 1.807) is 0 Å². The van der Waals surface area contributed by atoms with Gasteiger partial charge in [-0.2, -0.15) is 0 Å². The molecule has 0 aromatic heterocycles. The van der Waals surface area contributed by atoms with Gasteiger partial charge < -0.3 is 19.7 Å². The highest BCUT2D eigenvalue weighted by molar-refractivity contribution is 5.71. The summed E-state index contributed by atoms with van der Waals surface area (Å²) < 4.78 is 8.68. The zero-order valence-electron chi connectivity index (χ0n) is 10.6. The molecule has 0 heterocycles. The number of hydrogen-bond acceptors (Lipinski definition) is 6. The molecule has 0 atom stereocenters. The van der Waals surface area contributed by atoms with E-state index in [1.807, 2.05) is 0 Å². The Morgan fingerprint density at radius 3 is 1.11 bits per heavy atom. The van der Waals surface area contributed by atoms with Crippen LogP contribution in [0.1, 0.15) is 0 Å². The van der Waals surface area contributed by atoms with Gasteiger partial charge in [0.15, 0.2) is 0 Å². The Hall–Kier alpha value is -1.92. The highest BCUT2D eigenvalue weighted by atomic mass is 16.6. The van der Waals surface area contributed by atoms with Crippen molar-refractivity contribution in [1.82, 2.24) is 0 Å². The molecule has 0 aliphatic rings. The predicted molar refractivity (Wildman–Crippen MR) is 69.9 cm³/mol. The molecular weight excluding hydrogens is 240 g/mol. The minimum atomic E-state index is -0.782. The topological polar surface area (TPSA) is 93.1 Å². The molecule has 0 bridgehead atoms. The van der Waals surface area contributed by atoms with Gasteiger partial charge in [0.05, 0.1) is 0 Å². The van der Waals surface area contributed by atoms with Gasteiger partial charge in [0.25, 0.3) is 0 Å². The van der Waals surface area contributed by atoms with Gasteiger partial charge in [0.2, 0.25) is 0 Å². The SMILES string of the molecule is C=C.C=C.C=C.O=C(CO)OCCOC(=O)CO. The van der Waals surface area contributed by atoms with Gasteiger partial charge in [-0.25, -0.2) is 9.59 Å². The maximum atomic E-state index is 10.3. The lowest BCUT2D eigenvalue weighted by Crippen LogP contribution is -2.17. The van der Waals surface area contributed by atoms with Crippen molar-refractivity contribution in [2.24, 2.45) is 0 Å². The van der Waals surface area contributed by atoms with E-state index in [9.17, 15) is 9.59 Å². The first kappa shape index (κ1) is 25.1. The quantitative estimate of drug-likeness (QED) is 0.425. The van der Waals surface area contributed by atoms with Gasteiger partial charge in [-0.05, 0) is 0 Å². The summed E-state index contributed by atoms with van der Waals surface area (Å²) in [4.78, 5) is 20.5. The molecule has 0 saturated carbocycles. The normalized spacial score (nSPS) is 6.78. The summed E-state index contributed by atoms with van der Waals surface area (Å²) in [5.41, 5.74) is 0. The fraction of sp³-hybridized carbons (Fsp3) is 0.333. The molecule has 6 nitrogen and oxygen atoms in total. The third kappa shape index (κ3) is 29.2. The first-order valence-corrected chi connectivity index (χ1v) is 4.73. The van der Waals surface area contributed by atoms with Crippen molar-refractivity contribution in [3.05, 3.63) is 39.5 Å². The first-order valence-electron chi connectivity index (χ1n) is 4.73. The highest BCUT2D eigenvalue weighted by Crippen LogP contribution is 1.80. The van der Waals surface area contributed by atoms with Gasteiger partial charge in [-0.15, -0.1) is 39.5 Å². The molecule has 0 fully saturated rings. The maximum absolute atomic E-state index is 10.3. The minimum absolute atomic E-state index is 0.120. The van der Waals surface area contributed by atoms with E-state index < -0.39 is 25.2 Å². The Labute approximate surface area is 108 Å². The van der Waals surface area contributed by atoms with E-state index in [0.717, 1.165) is 0 Å². The van der Waals surface area contributed by atoms with Gasteiger partial charge in [-0.3, -0.25) is 0 Å². The van der Waals surface area contributed by atoms with Crippen LogP contribution in [0, 0.1) is 0 Å². The summed E-state index contributed by atoms with van der Waals surface area (Å²) in [7, 11) is 0. The molecule has 0 unspecified atom stereocenters. The lowest BCUT2D eigenvalue weighted by molar-refractivity contribution is -0.155. The Morgan fingerprint density at radius 2 is 0.944 bits per heavy atom. The molecule has 106 valence electrons. The molecular formula is C12H22O6. The molecule has 0 radical (unpaired) electrons. The standard InChI is InChI=1S/C6H10O6.3C2H4/c7-3-5(9)11-1-2-12-6(10)4-8;3*1-2/h7-8H,1-4H2;3*1-2H2. The zero-order valence-corrected chi connectivity index (χ0v) is 10.6. The lowest BCUT2D eigenvalue weighted by atomic mass is 10.7. The molecule has 0 aliphatic heterocycles. The molecule has 0 amide bonds. The zero-order chi connectivity index (χ0) is 15.4. The monoisotopic (exact) mass is 262 g/mol. The fourth-order valence-corrected chi connectivity index (χ4v) is 0.402. The molecule has 0 aliphatic carbocycles. The first-order chi connectivity index (χ1) is 8.70. The number of carbonyl (C=O) groups excluding carboxylic acids is 2. The molecule has 0 saturated heterocycles. The van der Waals surface area contributed by atoms with Crippen LogP contribution in [-0.4, -0.2) is 48.6 Å². The van der Waals surface area contributed by atoms with Crippen LogP contribution in [0.4, 0.5) is 0 Å². The minimum Gasteiger partial charge on any atom is -0.460 e. The Morgan fingerprint density at radius 1 is 0.722 bits per heavy atom. The van der Waals surface area contributed by atoms with Crippen LogP contribution in [0.2, 0.25) is 0 Å². The largest absolute Gasteiger partial charge is 0.460 e. The van der Waals surface area contributed by atoms with Crippen molar-refractivity contribution in [3.8, 4) is 0 Å². The smallest absolute Gasteiger partial charge is 0.331 e. The third-order valence-electron chi connectivity index (χ3n) is 0.868. The summed E-state index contributed by atoms with van der Waals surface area (Å²) in [6.07, 6.45) is 0. The highest BCUT2D eigenvalue weighted by Gasteiger charge is 2.01. The Bertz CT molecular complexity index is 170. The summed E-state index contributed by atoms with van der Waals surface area (Å²) in [6.45, 7) is 16.4. The van der Waals surface area contributed by atoms with E-state index in [-0.39, 0.29) is 13.2 Å². The van der Waals surface area contributed by atoms with E-state index in [1.165, 1.54) is 0 Å². The van der Waals surface area contributed by atoms with Gasteiger partial charge in [-0.1, -0.05) is 0 Å². The van der Waals surface area contributed by atoms with Crippen molar-refractivity contribution in [2.45, 2.75) is 0 Å². The van der Waals surface area contributed by atoms with E-state index >= 15 is 0 Å². The maximum Gasteiger partial charge on any atom is 0.331 e. The van der Waals surface area contributed by atoms with Crippen molar-refractivity contribution >= 4 is 11.9 Å². The van der Waals surface area contributed by atoms with Crippen LogP contribution < -0.4 is 0 Å². The molecule has 0 aromatic carbocycles. The van der Waals surface area contributed by atoms with Crippen molar-refractivity contribution in [1.29, 1.82) is 0 Å². The second-order valence-electron chi connectivity index (χ2n) is 1.76. The number of hydrogen-bond donors (Lipinski definition) is 2. The fourth-order valence-electron chi connectivity index (χ4n) is 0.402. The molecule has 0 spiro atoms. The van der Waals surface area contributed by atoms with Gasteiger partial charge in [0.1, 0.15) is 26.4 Å². The van der Waals surface area contributed by atoms with Gasteiger partial charge >= 0.3 is 11.9 Å². The second kappa shape index (κ2) is 29.4. The summed E-state index contributed by atoms with van der Waals surface area (Å²) in [5.74, 6) is -1.56. The third-order valence-corrected chi connectivity index (χ3v) is 0.868. The van der Waals surface area contributed by atoms with Crippen LogP contribution in [0.5, 0.6) is 0 Å². The number of rotatable bonds is 5. The second-order valence-corrected chi connectivity index (χ2v) is 1.76. The molecule has 0 aromatic rings. The summed E-state index contributed by atoms with van der Waals surface area (Å²) in [5, 5.41) is 16.3. The van der Waals surface area contributed by atoms with E-state index in [4.69, 9.17) is 10.2 Å². The van der Waals surface area contributed by atoms with E-state index in [2.05, 4.69) is 48.9 Å². The Balaban J connectivity index is -0.000000141. The lowest BCUT2D eigenvalue weighted by Gasteiger charge is -2.03. The molecule has 0 rings (SSSR count). The summed E-state index contributed by atoms with van der Waals surface area (Å²) >= 11 is 0.